The molecule has 2 aliphatic rings. The number of halogens is 1. The van der Waals surface area contributed by atoms with Crippen LogP contribution in [-0.4, -0.2) is 50.8 Å². The molecule has 1 spiro atoms. The SMILES string of the molecule is CN=C(NCCOCCC(C)C)N1CCC2(CCCC2)C1.I. The molecule has 0 amide bonds. The molecule has 0 aromatic rings. The van der Waals surface area contributed by atoms with Crippen molar-refractivity contribution in [2.75, 3.05) is 39.9 Å². The molecule has 1 saturated carbocycles. The maximum atomic E-state index is 5.66. The van der Waals surface area contributed by atoms with Crippen molar-refractivity contribution < 1.29 is 4.74 Å². The first-order valence-electron chi connectivity index (χ1n) is 8.68. The number of rotatable bonds is 6. The highest BCUT2D eigenvalue weighted by Crippen LogP contribution is 2.45. The molecule has 5 heteroatoms. The summed E-state index contributed by atoms with van der Waals surface area (Å²) in [5.74, 6) is 1.78. The van der Waals surface area contributed by atoms with Crippen LogP contribution < -0.4 is 5.32 Å². The molecular weight excluding hydrogens is 389 g/mol. The molecule has 130 valence electrons. The number of hydrogen-bond acceptors (Lipinski definition) is 2. The van der Waals surface area contributed by atoms with E-state index in [2.05, 4.69) is 29.1 Å². The molecule has 0 radical (unpaired) electrons. The molecule has 1 heterocycles. The quantitative estimate of drug-likeness (QED) is 0.308. The van der Waals surface area contributed by atoms with E-state index in [1.807, 2.05) is 7.05 Å². The molecule has 0 aromatic heterocycles. The van der Waals surface area contributed by atoms with Crippen LogP contribution in [0.15, 0.2) is 4.99 Å². The van der Waals surface area contributed by atoms with E-state index >= 15 is 0 Å². The topological polar surface area (TPSA) is 36.9 Å². The van der Waals surface area contributed by atoms with Crippen molar-refractivity contribution in [1.82, 2.24) is 10.2 Å². The van der Waals surface area contributed by atoms with Crippen molar-refractivity contribution in [3.8, 4) is 0 Å². The van der Waals surface area contributed by atoms with Crippen molar-refractivity contribution in [3.05, 3.63) is 0 Å². The van der Waals surface area contributed by atoms with Gasteiger partial charge in [0, 0.05) is 33.3 Å². The zero-order chi connectivity index (χ0) is 15.1. The van der Waals surface area contributed by atoms with Crippen LogP contribution >= 0.6 is 24.0 Å². The van der Waals surface area contributed by atoms with Gasteiger partial charge in [0.1, 0.15) is 0 Å². The van der Waals surface area contributed by atoms with Gasteiger partial charge in [0.25, 0.3) is 0 Å². The average molecular weight is 423 g/mol. The highest BCUT2D eigenvalue weighted by molar-refractivity contribution is 14.0. The van der Waals surface area contributed by atoms with Crippen LogP contribution in [0.25, 0.3) is 0 Å². The van der Waals surface area contributed by atoms with Gasteiger partial charge >= 0.3 is 0 Å². The molecule has 4 nitrogen and oxygen atoms in total. The lowest BCUT2D eigenvalue weighted by Crippen LogP contribution is -2.42. The van der Waals surface area contributed by atoms with Gasteiger partial charge in [0.2, 0.25) is 0 Å². The lowest BCUT2D eigenvalue weighted by molar-refractivity contribution is 0.127. The minimum absolute atomic E-state index is 0. The summed E-state index contributed by atoms with van der Waals surface area (Å²) in [4.78, 5) is 6.89. The zero-order valence-electron chi connectivity index (χ0n) is 14.6. The minimum Gasteiger partial charge on any atom is -0.380 e. The molecule has 22 heavy (non-hydrogen) atoms. The van der Waals surface area contributed by atoms with Crippen LogP contribution in [0, 0.1) is 11.3 Å². The van der Waals surface area contributed by atoms with Gasteiger partial charge in [-0.05, 0) is 37.0 Å². The molecular formula is C17H34IN3O. The first-order chi connectivity index (χ1) is 10.2. The minimum atomic E-state index is 0. The van der Waals surface area contributed by atoms with Crippen molar-refractivity contribution in [3.63, 3.8) is 0 Å². The molecule has 1 aliphatic carbocycles. The van der Waals surface area contributed by atoms with E-state index < -0.39 is 0 Å². The van der Waals surface area contributed by atoms with E-state index in [1.165, 1.54) is 38.6 Å². The molecule has 2 rings (SSSR count). The van der Waals surface area contributed by atoms with Gasteiger partial charge in [-0.15, -0.1) is 24.0 Å². The molecule has 0 bridgehead atoms. The normalized spacial score (nSPS) is 20.7. The van der Waals surface area contributed by atoms with E-state index in [0.29, 0.717) is 5.41 Å². The predicted octanol–water partition coefficient (Wildman–Crippen LogP) is 3.51. The van der Waals surface area contributed by atoms with Crippen LogP contribution in [0.2, 0.25) is 0 Å². The van der Waals surface area contributed by atoms with E-state index in [0.717, 1.165) is 44.6 Å². The Balaban J connectivity index is 0.00000242. The van der Waals surface area contributed by atoms with Crippen molar-refractivity contribution in [1.29, 1.82) is 0 Å². The number of nitrogens with zero attached hydrogens (tertiary/aromatic N) is 2. The molecule has 0 aromatic carbocycles. The Morgan fingerprint density at radius 1 is 1.23 bits per heavy atom. The van der Waals surface area contributed by atoms with Gasteiger partial charge in [0.15, 0.2) is 5.96 Å². The predicted molar refractivity (Wildman–Crippen MR) is 104 cm³/mol. The van der Waals surface area contributed by atoms with Gasteiger partial charge in [-0.25, -0.2) is 0 Å². The van der Waals surface area contributed by atoms with Gasteiger partial charge in [0.05, 0.1) is 6.61 Å². The number of ether oxygens (including phenoxy) is 1. The maximum Gasteiger partial charge on any atom is 0.193 e. The fourth-order valence-corrected chi connectivity index (χ4v) is 3.64. The molecule has 0 atom stereocenters. The largest absolute Gasteiger partial charge is 0.380 e. The summed E-state index contributed by atoms with van der Waals surface area (Å²) in [7, 11) is 1.89. The third kappa shape index (κ3) is 5.87. The highest BCUT2D eigenvalue weighted by Gasteiger charge is 2.40. The standard InChI is InChI=1S/C17H33N3O.HI/c1-15(2)6-12-21-13-10-19-16(18-3)20-11-9-17(14-20)7-4-5-8-17;/h15H,4-14H2,1-3H3,(H,18,19);1H. The lowest BCUT2D eigenvalue weighted by atomic mass is 9.86. The van der Waals surface area contributed by atoms with E-state index in [4.69, 9.17) is 4.74 Å². The van der Waals surface area contributed by atoms with Gasteiger partial charge < -0.3 is 15.0 Å². The number of nitrogens with one attached hydrogen (secondary N) is 1. The number of aliphatic imine (C=N–C) groups is 1. The Morgan fingerprint density at radius 2 is 1.95 bits per heavy atom. The van der Waals surface area contributed by atoms with Crippen LogP contribution in [0.1, 0.15) is 52.4 Å². The zero-order valence-corrected chi connectivity index (χ0v) is 16.9. The van der Waals surface area contributed by atoms with E-state index in [-0.39, 0.29) is 24.0 Å². The fourth-order valence-electron chi connectivity index (χ4n) is 3.64. The van der Waals surface area contributed by atoms with Crippen LogP contribution in [0.3, 0.4) is 0 Å². The van der Waals surface area contributed by atoms with Gasteiger partial charge in [-0.3, -0.25) is 4.99 Å². The van der Waals surface area contributed by atoms with E-state index in [1.54, 1.807) is 0 Å². The second-order valence-electron chi connectivity index (χ2n) is 7.15. The summed E-state index contributed by atoms with van der Waals surface area (Å²) in [5, 5.41) is 3.46. The van der Waals surface area contributed by atoms with Crippen molar-refractivity contribution in [2.24, 2.45) is 16.3 Å². The summed E-state index contributed by atoms with van der Waals surface area (Å²) in [6.07, 6.45) is 8.16. The van der Waals surface area contributed by atoms with Crippen LogP contribution in [0.5, 0.6) is 0 Å². The highest BCUT2D eigenvalue weighted by atomic mass is 127. The third-order valence-electron chi connectivity index (χ3n) is 4.98. The summed E-state index contributed by atoms with van der Waals surface area (Å²) < 4.78 is 5.66. The third-order valence-corrected chi connectivity index (χ3v) is 4.98. The second-order valence-corrected chi connectivity index (χ2v) is 7.15. The fraction of sp³-hybridized carbons (Fsp3) is 0.941. The smallest absolute Gasteiger partial charge is 0.193 e. The Morgan fingerprint density at radius 3 is 2.59 bits per heavy atom. The first kappa shape index (κ1) is 20.0. The molecule has 1 aliphatic heterocycles. The maximum absolute atomic E-state index is 5.66. The molecule has 1 N–H and O–H groups in total. The molecule has 0 unspecified atom stereocenters. The Bertz CT molecular complexity index is 341. The van der Waals surface area contributed by atoms with Crippen LogP contribution in [-0.2, 0) is 4.74 Å². The van der Waals surface area contributed by atoms with Crippen LogP contribution in [0.4, 0.5) is 0 Å². The summed E-state index contributed by atoms with van der Waals surface area (Å²) in [6, 6.07) is 0. The first-order valence-corrected chi connectivity index (χ1v) is 8.68. The number of guanidine groups is 1. The Kier molecular flexibility index (Phi) is 9.05. The lowest BCUT2D eigenvalue weighted by Gasteiger charge is -2.25. The Hall–Kier alpha value is -0.0400. The summed E-state index contributed by atoms with van der Waals surface area (Å²) in [5.41, 5.74) is 0.603. The average Bonchev–Trinajstić information content (AvgIpc) is 3.09. The molecule has 1 saturated heterocycles. The summed E-state index contributed by atoms with van der Waals surface area (Å²) >= 11 is 0. The van der Waals surface area contributed by atoms with Crippen molar-refractivity contribution in [2.45, 2.75) is 52.4 Å². The second kappa shape index (κ2) is 9.96. The monoisotopic (exact) mass is 423 g/mol. The van der Waals surface area contributed by atoms with Crippen molar-refractivity contribution >= 4 is 29.9 Å². The number of hydrogen-bond donors (Lipinski definition) is 1. The van der Waals surface area contributed by atoms with Gasteiger partial charge in [-0.1, -0.05) is 26.7 Å². The van der Waals surface area contributed by atoms with E-state index in [9.17, 15) is 0 Å². The Labute approximate surface area is 153 Å². The number of likely N-dealkylation sites (tertiary alicyclic amines) is 1. The molecule has 2 fully saturated rings. The summed E-state index contributed by atoms with van der Waals surface area (Å²) in [6.45, 7) is 9.31. The van der Waals surface area contributed by atoms with Gasteiger partial charge in [-0.2, -0.15) is 0 Å².